The molecule has 29 heavy (non-hydrogen) atoms. The molecule has 0 bridgehead atoms. The number of benzene rings is 1. The molecule has 0 unspecified atom stereocenters. The topological polar surface area (TPSA) is 75.3 Å². The van der Waals surface area contributed by atoms with Crippen LogP contribution in [0, 0.1) is 5.92 Å². The molecule has 6 nitrogen and oxygen atoms in total. The Morgan fingerprint density at radius 3 is 2.86 bits per heavy atom. The van der Waals surface area contributed by atoms with Crippen LogP contribution in [0.25, 0.3) is 0 Å². The summed E-state index contributed by atoms with van der Waals surface area (Å²) in [5, 5.41) is 0. The molecule has 1 aromatic carbocycles. The molecule has 0 radical (unpaired) electrons. The third-order valence-electron chi connectivity index (χ3n) is 6.26. The highest BCUT2D eigenvalue weighted by atomic mass is 16.5. The molecule has 1 saturated carbocycles. The summed E-state index contributed by atoms with van der Waals surface area (Å²) in [5.41, 5.74) is 2.30. The molecule has 4 rings (SSSR count). The van der Waals surface area contributed by atoms with Crippen molar-refractivity contribution < 1.29 is 9.53 Å². The van der Waals surface area contributed by atoms with E-state index in [1.54, 1.807) is 7.11 Å². The van der Waals surface area contributed by atoms with Crippen LogP contribution in [0.4, 0.5) is 0 Å². The van der Waals surface area contributed by atoms with Crippen LogP contribution in [-0.2, 0) is 24.2 Å². The van der Waals surface area contributed by atoms with Gasteiger partial charge in [0.05, 0.1) is 24.9 Å². The number of ether oxygens (including phenoxy) is 1. The van der Waals surface area contributed by atoms with Crippen molar-refractivity contribution >= 4 is 5.91 Å². The fraction of sp³-hybridized carbons (Fsp3) is 0.522. The number of rotatable bonds is 6. The molecule has 0 saturated heterocycles. The Hall–Kier alpha value is -2.63. The van der Waals surface area contributed by atoms with Gasteiger partial charge in [-0.15, -0.1) is 0 Å². The normalized spacial score (nSPS) is 16.7. The molecule has 1 amide bonds. The molecule has 1 aliphatic carbocycles. The van der Waals surface area contributed by atoms with Crippen molar-refractivity contribution in [3.8, 4) is 5.75 Å². The summed E-state index contributed by atoms with van der Waals surface area (Å²) in [6.07, 6.45) is 7.83. The number of hydrogen-bond donors (Lipinski definition) is 1. The van der Waals surface area contributed by atoms with Gasteiger partial charge in [0, 0.05) is 31.4 Å². The van der Waals surface area contributed by atoms with Gasteiger partial charge in [0.15, 0.2) is 0 Å². The molecule has 154 valence electrons. The van der Waals surface area contributed by atoms with Crippen molar-refractivity contribution in [1.29, 1.82) is 0 Å². The van der Waals surface area contributed by atoms with E-state index in [0.717, 1.165) is 23.4 Å². The first-order valence-electron chi connectivity index (χ1n) is 10.6. The first-order valence-corrected chi connectivity index (χ1v) is 10.6. The number of aromatic amines is 1. The largest absolute Gasteiger partial charge is 0.496 e. The number of nitrogens with one attached hydrogen (secondary N) is 1. The van der Waals surface area contributed by atoms with Gasteiger partial charge >= 0.3 is 0 Å². The third-order valence-corrected chi connectivity index (χ3v) is 6.26. The van der Waals surface area contributed by atoms with Gasteiger partial charge in [-0.25, -0.2) is 4.98 Å². The van der Waals surface area contributed by atoms with Gasteiger partial charge in [0.1, 0.15) is 11.6 Å². The lowest BCUT2D eigenvalue weighted by Gasteiger charge is -2.28. The highest BCUT2D eigenvalue weighted by Crippen LogP contribution is 2.29. The molecule has 0 atom stereocenters. The lowest BCUT2D eigenvalue weighted by atomic mass is 10.0. The van der Waals surface area contributed by atoms with Crippen molar-refractivity contribution in [3.63, 3.8) is 0 Å². The van der Waals surface area contributed by atoms with Crippen LogP contribution in [0.15, 0.2) is 29.1 Å². The Bertz CT molecular complexity index is 931. The Balaban J connectivity index is 1.44. The lowest BCUT2D eigenvalue weighted by Crippen LogP contribution is -2.39. The van der Waals surface area contributed by atoms with Crippen LogP contribution in [-0.4, -0.2) is 34.4 Å². The zero-order chi connectivity index (χ0) is 20.2. The fourth-order valence-corrected chi connectivity index (χ4v) is 4.59. The predicted octanol–water partition coefficient (Wildman–Crippen LogP) is 3.22. The minimum Gasteiger partial charge on any atom is -0.496 e. The van der Waals surface area contributed by atoms with Gasteiger partial charge in [0.2, 0.25) is 5.91 Å². The quantitative estimate of drug-likeness (QED) is 0.815. The Labute approximate surface area is 171 Å². The number of fused-ring (bicyclic) bond motifs is 1. The van der Waals surface area contributed by atoms with Gasteiger partial charge in [0.25, 0.3) is 5.56 Å². The number of methoxy groups -OCH3 is 1. The number of para-hydroxylation sites is 1. The van der Waals surface area contributed by atoms with Crippen molar-refractivity contribution in [2.45, 2.75) is 57.9 Å². The number of amides is 1. The molecular weight excluding hydrogens is 366 g/mol. The summed E-state index contributed by atoms with van der Waals surface area (Å²) in [5.74, 6) is 2.30. The third kappa shape index (κ3) is 4.52. The van der Waals surface area contributed by atoms with E-state index in [9.17, 15) is 9.59 Å². The average molecular weight is 396 g/mol. The SMILES string of the molecule is COc1ccccc1Cc1nc2c(c(=O)[nH]1)CN(C(=O)CCC1CCCC1)CC2. The molecule has 6 heteroatoms. The minimum atomic E-state index is -0.131. The Kier molecular flexibility index (Phi) is 5.97. The number of carbonyl (C=O) groups excluding carboxylic acids is 1. The zero-order valence-electron chi connectivity index (χ0n) is 17.1. The van der Waals surface area contributed by atoms with E-state index in [0.29, 0.717) is 49.7 Å². The number of H-pyrrole nitrogens is 1. The van der Waals surface area contributed by atoms with Crippen molar-refractivity contribution in [3.05, 3.63) is 57.3 Å². The van der Waals surface area contributed by atoms with E-state index in [-0.39, 0.29) is 11.5 Å². The van der Waals surface area contributed by atoms with Crippen LogP contribution < -0.4 is 10.3 Å². The summed E-state index contributed by atoms with van der Waals surface area (Å²) >= 11 is 0. The number of hydrogen-bond acceptors (Lipinski definition) is 4. The molecule has 2 aromatic rings. The molecule has 0 spiro atoms. The van der Waals surface area contributed by atoms with Crippen molar-refractivity contribution in [2.75, 3.05) is 13.7 Å². The van der Waals surface area contributed by atoms with E-state index in [4.69, 9.17) is 9.72 Å². The molecule has 1 fully saturated rings. The maximum Gasteiger partial charge on any atom is 0.256 e. The summed E-state index contributed by atoms with van der Waals surface area (Å²) in [7, 11) is 1.64. The van der Waals surface area contributed by atoms with Crippen LogP contribution in [0.5, 0.6) is 5.75 Å². The first-order chi connectivity index (χ1) is 14.1. The summed E-state index contributed by atoms with van der Waals surface area (Å²) < 4.78 is 5.40. The van der Waals surface area contributed by atoms with Crippen molar-refractivity contribution in [1.82, 2.24) is 14.9 Å². The van der Waals surface area contributed by atoms with E-state index in [1.165, 1.54) is 25.7 Å². The smallest absolute Gasteiger partial charge is 0.256 e. The monoisotopic (exact) mass is 395 g/mol. The van der Waals surface area contributed by atoms with Crippen LogP contribution in [0.3, 0.4) is 0 Å². The summed E-state index contributed by atoms with van der Waals surface area (Å²) in [4.78, 5) is 34.8. The second kappa shape index (κ2) is 8.80. The molecular formula is C23H29N3O3. The first kappa shape index (κ1) is 19.7. The number of carbonyl (C=O) groups is 1. The van der Waals surface area contributed by atoms with E-state index >= 15 is 0 Å². The molecule has 2 aliphatic rings. The molecule has 1 N–H and O–H groups in total. The minimum absolute atomic E-state index is 0.131. The fourth-order valence-electron chi connectivity index (χ4n) is 4.59. The maximum atomic E-state index is 12.7. The summed E-state index contributed by atoms with van der Waals surface area (Å²) in [6, 6.07) is 7.75. The van der Waals surface area contributed by atoms with Gasteiger partial charge in [-0.2, -0.15) is 0 Å². The van der Waals surface area contributed by atoms with Gasteiger partial charge in [-0.3, -0.25) is 9.59 Å². The van der Waals surface area contributed by atoms with Gasteiger partial charge in [-0.1, -0.05) is 43.9 Å². The van der Waals surface area contributed by atoms with E-state index in [2.05, 4.69) is 4.98 Å². The predicted molar refractivity (Wildman–Crippen MR) is 111 cm³/mol. The molecule has 2 heterocycles. The zero-order valence-corrected chi connectivity index (χ0v) is 17.1. The molecule has 1 aliphatic heterocycles. The Morgan fingerprint density at radius 1 is 1.28 bits per heavy atom. The second-order valence-corrected chi connectivity index (χ2v) is 8.18. The number of aromatic nitrogens is 2. The standard InChI is InChI=1S/C23H29N3O3/c1-29-20-9-5-4-8-17(20)14-21-24-19-12-13-26(15-18(19)23(28)25-21)22(27)11-10-16-6-2-3-7-16/h4-5,8-9,16H,2-3,6-7,10-15H2,1H3,(H,24,25,28). The van der Waals surface area contributed by atoms with Crippen LogP contribution >= 0.6 is 0 Å². The van der Waals surface area contributed by atoms with Gasteiger partial charge in [-0.05, 0) is 18.4 Å². The van der Waals surface area contributed by atoms with E-state index in [1.807, 2.05) is 29.2 Å². The number of nitrogens with zero attached hydrogens (tertiary/aromatic N) is 2. The molecule has 1 aromatic heterocycles. The highest BCUT2D eigenvalue weighted by molar-refractivity contribution is 5.76. The van der Waals surface area contributed by atoms with Gasteiger partial charge < -0.3 is 14.6 Å². The Morgan fingerprint density at radius 2 is 2.07 bits per heavy atom. The summed E-state index contributed by atoms with van der Waals surface area (Å²) in [6.45, 7) is 1.01. The highest BCUT2D eigenvalue weighted by Gasteiger charge is 2.25. The second-order valence-electron chi connectivity index (χ2n) is 8.18. The maximum absolute atomic E-state index is 12.7. The van der Waals surface area contributed by atoms with Crippen molar-refractivity contribution in [2.24, 2.45) is 5.92 Å². The average Bonchev–Trinajstić information content (AvgIpc) is 3.26. The van der Waals surface area contributed by atoms with E-state index < -0.39 is 0 Å². The van der Waals surface area contributed by atoms with Crippen LogP contribution in [0.1, 0.15) is 61.2 Å². The van der Waals surface area contributed by atoms with Crippen LogP contribution in [0.2, 0.25) is 0 Å². The lowest BCUT2D eigenvalue weighted by molar-refractivity contribution is -0.132.